The molecule has 0 aliphatic rings. The van der Waals surface area contributed by atoms with Crippen molar-refractivity contribution in [1.29, 1.82) is 10.5 Å². The highest BCUT2D eigenvalue weighted by Crippen LogP contribution is 2.30. The summed E-state index contributed by atoms with van der Waals surface area (Å²) in [6.45, 7) is 3.79. The van der Waals surface area contributed by atoms with E-state index in [9.17, 15) is 20.1 Å². The topological polar surface area (TPSA) is 119 Å². The molecule has 2 aromatic carbocycles. The Morgan fingerprint density at radius 3 is 2.21 bits per heavy atom. The number of nitriles is 2. The fourth-order valence-electron chi connectivity index (χ4n) is 2.71. The Labute approximate surface area is 191 Å². The molecule has 0 saturated carbocycles. The highest BCUT2D eigenvalue weighted by molar-refractivity contribution is 6.00. The molecule has 0 aliphatic heterocycles. The van der Waals surface area contributed by atoms with Crippen LogP contribution < -0.4 is 14.2 Å². The van der Waals surface area contributed by atoms with E-state index in [1.165, 1.54) is 37.5 Å². The third-order valence-electron chi connectivity index (χ3n) is 4.18. The molecule has 8 nitrogen and oxygen atoms in total. The van der Waals surface area contributed by atoms with Gasteiger partial charge in [0.1, 0.15) is 29.0 Å². The van der Waals surface area contributed by atoms with Crippen molar-refractivity contribution < 1.29 is 28.5 Å². The van der Waals surface area contributed by atoms with Crippen LogP contribution in [0.25, 0.3) is 12.2 Å². The maximum atomic E-state index is 12.6. The van der Waals surface area contributed by atoms with E-state index in [0.717, 1.165) is 0 Å². The van der Waals surface area contributed by atoms with Crippen molar-refractivity contribution in [3.63, 3.8) is 0 Å². The first-order valence-corrected chi connectivity index (χ1v) is 10.00. The van der Waals surface area contributed by atoms with Gasteiger partial charge in [-0.15, -0.1) is 0 Å². The van der Waals surface area contributed by atoms with Crippen LogP contribution in [0.1, 0.15) is 25.0 Å². The molecule has 0 aliphatic carbocycles. The number of methoxy groups -OCH3 is 1. The number of benzene rings is 2. The molecular formula is C25H22N2O6. The standard InChI is InChI=1S/C25H22N2O6/c1-4-31-23-13-17(12-19(15-26)24(28)32-5-2)10-11-22(23)33-25(29)20(16-27)14-18-8-6-7-9-21(18)30-3/h6-14H,4-5H2,1-3H3/b19-12+,20-14+. The number of hydrogen-bond acceptors (Lipinski definition) is 8. The number of hydrogen-bond donors (Lipinski definition) is 0. The second-order valence-electron chi connectivity index (χ2n) is 6.33. The molecule has 0 aromatic heterocycles. The van der Waals surface area contributed by atoms with Gasteiger partial charge in [-0.05, 0) is 49.8 Å². The summed E-state index contributed by atoms with van der Waals surface area (Å²) in [4.78, 5) is 24.5. The van der Waals surface area contributed by atoms with Crippen LogP contribution in [0.4, 0.5) is 0 Å². The third kappa shape index (κ3) is 6.71. The molecular weight excluding hydrogens is 424 g/mol. The maximum Gasteiger partial charge on any atom is 0.354 e. The molecule has 0 atom stereocenters. The van der Waals surface area contributed by atoms with Gasteiger partial charge in [0.25, 0.3) is 0 Å². The first-order chi connectivity index (χ1) is 16.0. The Morgan fingerprint density at radius 1 is 0.879 bits per heavy atom. The van der Waals surface area contributed by atoms with Crippen LogP contribution in [0, 0.1) is 22.7 Å². The molecule has 0 saturated heterocycles. The van der Waals surface area contributed by atoms with Crippen molar-refractivity contribution in [1.82, 2.24) is 0 Å². The minimum absolute atomic E-state index is 0.0785. The lowest BCUT2D eigenvalue weighted by atomic mass is 10.1. The molecule has 2 aromatic rings. The largest absolute Gasteiger partial charge is 0.496 e. The molecule has 0 N–H and O–H groups in total. The van der Waals surface area contributed by atoms with Crippen LogP contribution in [0.5, 0.6) is 17.2 Å². The lowest BCUT2D eigenvalue weighted by Crippen LogP contribution is -2.11. The number of ether oxygens (including phenoxy) is 4. The van der Waals surface area contributed by atoms with E-state index in [-0.39, 0.29) is 35.9 Å². The second kappa shape index (κ2) is 12.3. The summed E-state index contributed by atoms with van der Waals surface area (Å²) in [6, 6.07) is 15.1. The van der Waals surface area contributed by atoms with E-state index in [0.29, 0.717) is 16.9 Å². The Balaban J connectivity index is 2.35. The summed E-state index contributed by atoms with van der Waals surface area (Å²) in [5.41, 5.74) is 0.588. The summed E-state index contributed by atoms with van der Waals surface area (Å²) in [5.74, 6) is -0.838. The quantitative estimate of drug-likeness (QED) is 0.245. The van der Waals surface area contributed by atoms with Crippen molar-refractivity contribution in [3.05, 3.63) is 64.7 Å². The van der Waals surface area contributed by atoms with Crippen LogP contribution >= 0.6 is 0 Å². The van der Waals surface area contributed by atoms with E-state index < -0.39 is 11.9 Å². The van der Waals surface area contributed by atoms with Gasteiger partial charge >= 0.3 is 11.9 Å². The van der Waals surface area contributed by atoms with Crippen LogP contribution in [0.2, 0.25) is 0 Å². The molecule has 0 unspecified atom stereocenters. The molecule has 168 valence electrons. The van der Waals surface area contributed by atoms with Crippen molar-refractivity contribution in [3.8, 4) is 29.4 Å². The van der Waals surface area contributed by atoms with Gasteiger partial charge in [-0.25, -0.2) is 9.59 Å². The first-order valence-electron chi connectivity index (χ1n) is 10.00. The molecule has 0 amide bonds. The van der Waals surface area contributed by atoms with Gasteiger partial charge in [-0.3, -0.25) is 0 Å². The van der Waals surface area contributed by atoms with Crippen molar-refractivity contribution in [2.24, 2.45) is 0 Å². The first kappa shape index (κ1) is 24.7. The smallest absolute Gasteiger partial charge is 0.354 e. The number of esters is 2. The molecule has 8 heteroatoms. The predicted octanol–water partition coefficient (Wildman–Crippen LogP) is 4.08. The van der Waals surface area contributed by atoms with Crippen molar-refractivity contribution >= 4 is 24.1 Å². The molecule has 0 radical (unpaired) electrons. The summed E-state index contributed by atoms with van der Waals surface area (Å²) in [7, 11) is 1.49. The third-order valence-corrected chi connectivity index (χ3v) is 4.18. The number of rotatable bonds is 9. The summed E-state index contributed by atoms with van der Waals surface area (Å²) in [5, 5.41) is 18.7. The lowest BCUT2D eigenvalue weighted by Gasteiger charge is -2.11. The zero-order chi connectivity index (χ0) is 24.2. The minimum Gasteiger partial charge on any atom is -0.496 e. The lowest BCUT2D eigenvalue weighted by molar-refractivity contribution is -0.138. The number of carbonyl (C=O) groups excluding carboxylic acids is 2. The van der Waals surface area contributed by atoms with E-state index in [4.69, 9.17) is 18.9 Å². The van der Waals surface area contributed by atoms with E-state index in [2.05, 4.69) is 0 Å². The predicted molar refractivity (Wildman–Crippen MR) is 120 cm³/mol. The zero-order valence-corrected chi connectivity index (χ0v) is 18.5. The van der Waals surface area contributed by atoms with Crippen molar-refractivity contribution in [2.75, 3.05) is 20.3 Å². The van der Waals surface area contributed by atoms with E-state index in [1.807, 2.05) is 6.07 Å². The molecule has 0 fully saturated rings. The second-order valence-corrected chi connectivity index (χ2v) is 6.33. The number of para-hydroxylation sites is 1. The monoisotopic (exact) mass is 446 g/mol. The van der Waals surface area contributed by atoms with Gasteiger partial charge in [0, 0.05) is 5.56 Å². The average molecular weight is 446 g/mol. The molecule has 33 heavy (non-hydrogen) atoms. The SMILES string of the molecule is CCOC(=O)/C(C#N)=C/c1ccc(OC(=O)/C(C#N)=C/c2ccccc2OC)c(OCC)c1. The molecule has 0 heterocycles. The minimum atomic E-state index is -0.878. The molecule has 0 bridgehead atoms. The highest BCUT2D eigenvalue weighted by atomic mass is 16.6. The normalized spacial score (nSPS) is 11.1. The Morgan fingerprint density at radius 2 is 1.58 bits per heavy atom. The van der Waals surface area contributed by atoms with Gasteiger partial charge in [-0.1, -0.05) is 24.3 Å². The van der Waals surface area contributed by atoms with Crippen LogP contribution in [-0.4, -0.2) is 32.3 Å². The average Bonchev–Trinajstić information content (AvgIpc) is 2.82. The van der Waals surface area contributed by atoms with Crippen molar-refractivity contribution in [2.45, 2.75) is 13.8 Å². The fraction of sp³-hybridized carbons (Fsp3) is 0.200. The van der Waals surface area contributed by atoms with E-state index in [1.54, 1.807) is 44.2 Å². The molecule has 2 rings (SSSR count). The number of nitrogens with zero attached hydrogens (tertiary/aromatic N) is 2. The van der Waals surface area contributed by atoms with E-state index >= 15 is 0 Å². The zero-order valence-electron chi connectivity index (χ0n) is 18.5. The Hall–Kier alpha value is -4.56. The van der Waals surface area contributed by atoms with Gasteiger partial charge < -0.3 is 18.9 Å². The van der Waals surface area contributed by atoms with Gasteiger partial charge in [-0.2, -0.15) is 10.5 Å². The summed E-state index contributed by atoms with van der Waals surface area (Å²) >= 11 is 0. The van der Waals surface area contributed by atoms with Gasteiger partial charge in [0.15, 0.2) is 11.5 Å². The fourth-order valence-corrected chi connectivity index (χ4v) is 2.71. The molecule has 0 spiro atoms. The Kier molecular flexibility index (Phi) is 9.23. The van der Waals surface area contributed by atoms with Gasteiger partial charge in [0.2, 0.25) is 0 Å². The van der Waals surface area contributed by atoms with Gasteiger partial charge in [0.05, 0.1) is 20.3 Å². The summed E-state index contributed by atoms with van der Waals surface area (Å²) in [6.07, 6.45) is 2.71. The van der Waals surface area contributed by atoms with Crippen LogP contribution in [-0.2, 0) is 14.3 Å². The van der Waals surface area contributed by atoms with Crippen LogP contribution in [0.15, 0.2) is 53.6 Å². The number of carbonyl (C=O) groups is 2. The maximum absolute atomic E-state index is 12.6. The Bertz CT molecular complexity index is 1170. The van der Waals surface area contributed by atoms with Crippen LogP contribution in [0.3, 0.4) is 0 Å². The highest BCUT2D eigenvalue weighted by Gasteiger charge is 2.17. The summed E-state index contributed by atoms with van der Waals surface area (Å²) < 4.78 is 21.0.